The van der Waals surface area contributed by atoms with Gasteiger partial charge in [-0.05, 0) is 56.0 Å². The van der Waals surface area contributed by atoms with E-state index in [2.05, 4.69) is 12.1 Å². The van der Waals surface area contributed by atoms with E-state index >= 15 is 0 Å². The van der Waals surface area contributed by atoms with Crippen LogP contribution in [-0.4, -0.2) is 6.61 Å². The maximum atomic E-state index is 9.34. The van der Waals surface area contributed by atoms with Crippen molar-refractivity contribution in [2.24, 2.45) is 0 Å². The lowest BCUT2D eigenvalue weighted by atomic mass is 9.94. The summed E-state index contributed by atoms with van der Waals surface area (Å²) in [6.07, 6.45) is 2.60. The Labute approximate surface area is 137 Å². The Kier molecular flexibility index (Phi) is 6.21. The summed E-state index contributed by atoms with van der Waals surface area (Å²) in [5.41, 5.74) is 2.74. The molecule has 0 amide bonds. The lowest BCUT2D eigenvalue weighted by Gasteiger charge is -2.10. The van der Waals surface area contributed by atoms with Crippen LogP contribution in [0.5, 0.6) is 5.75 Å². The lowest BCUT2D eigenvalue weighted by molar-refractivity contribution is 0.304. The van der Waals surface area contributed by atoms with Gasteiger partial charge in [-0.15, -0.1) is 0 Å². The van der Waals surface area contributed by atoms with Gasteiger partial charge in [0.05, 0.1) is 30.2 Å². The molecular formula is C20H20N2O. The van der Waals surface area contributed by atoms with Crippen LogP contribution in [0.2, 0.25) is 0 Å². The number of benzene rings is 2. The van der Waals surface area contributed by atoms with Gasteiger partial charge in [-0.2, -0.15) is 10.5 Å². The Balaban J connectivity index is 1.77. The lowest BCUT2D eigenvalue weighted by Crippen LogP contribution is -2.00. The summed E-state index contributed by atoms with van der Waals surface area (Å²) in [5, 5.41) is 18.3. The second-order valence-electron chi connectivity index (χ2n) is 5.58. The van der Waals surface area contributed by atoms with Crippen LogP contribution in [0.4, 0.5) is 0 Å². The van der Waals surface area contributed by atoms with E-state index in [-0.39, 0.29) is 5.92 Å². The van der Waals surface area contributed by atoms with Crippen molar-refractivity contribution >= 4 is 0 Å². The van der Waals surface area contributed by atoms with Crippen LogP contribution < -0.4 is 4.74 Å². The molecule has 2 aromatic carbocycles. The van der Waals surface area contributed by atoms with Gasteiger partial charge in [0, 0.05) is 0 Å². The van der Waals surface area contributed by atoms with E-state index in [9.17, 15) is 5.26 Å². The first-order chi connectivity index (χ1) is 11.2. The highest BCUT2D eigenvalue weighted by molar-refractivity contribution is 5.36. The molecule has 2 rings (SSSR count). The van der Waals surface area contributed by atoms with E-state index in [1.54, 1.807) is 12.1 Å². The first-order valence-corrected chi connectivity index (χ1v) is 7.82. The summed E-state index contributed by atoms with van der Waals surface area (Å²) in [5.74, 6) is 0.719. The molecule has 3 heteroatoms. The molecule has 3 nitrogen and oxygen atoms in total. The molecule has 23 heavy (non-hydrogen) atoms. The van der Waals surface area contributed by atoms with Crippen molar-refractivity contribution in [3.8, 4) is 17.9 Å². The Morgan fingerprint density at radius 3 is 2.52 bits per heavy atom. The number of aryl methyl sites for hydroxylation is 1. The fourth-order valence-electron chi connectivity index (χ4n) is 2.41. The predicted molar refractivity (Wildman–Crippen MR) is 90.0 cm³/mol. The summed E-state index contributed by atoms with van der Waals surface area (Å²) in [7, 11) is 0. The van der Waals surface area contributed by atoms with Crippen LogP contribution in [-0.2, 0) is 0 Å². The van der Waals surface area contributed by atoms with Gasteiger partial charge in [-0.25, -0.2) is 0 Å². The molecule has 0 saturated heterocycles. The third kappa shape index (κ3) is 5.16. The minimum Gasteiger partial charge on any atom is -0.494 e. The summed E-state index contributed by atoms with van der Waals surface area (Å²) >= 11 is 0. The zero-order valence-electron chi connectivity index (χ0n) is 13.3. The zero-order valence-corrected chi connectivity index (χ0v) is 13.3. The van der Waals surface area contributed by atoms with Crippen LogP contribution in [0, 0.1) is 29.6 Å². The normalized spacial score (nSPS) is 11.3. The number of unbranched alkanes of at least 4 members (excludes halogenated alkanes) is 1. The van der Waals surface area contributed by atoms with Crippen molar-refractivity contribution in [3.63, 3.8) is 0 Å². The molecule has 1 unspecified atom stereocenters. The molecule has 1 atom stereocenters. The molecule has 0 aliphatic heterocycles. The Hall–Kier alpha value is -2.78. The van der Waals surface area contributed by atoms with Gasteiger partial charge in [0.25, 0.3) is 0 Å². The van der Waals surface area contributed by atoms with E-state index in [1.165, 1.54) is 5.56 Å². The SMILES string of the molecule is Cc1ccc(OCCCCC(C#N)c2cccc(C#N)c2)cc1. The van der Waals surface area contributed by atoms with E-state index in [1.807, 2.05) is 43.3 Å². The Morgan fingerprint density at radius 1 is 1.04 bits per heavy atom. The van der Waals surface area contributed by atoms with Gasteiger partial charge in [0.15, 0.2) is 0 Å². The predicted octanol–water partition coefficient (Wildman–Crippen LogP) is 4.72. The van der Waals surface area contributed by atoms with Crippen LogP contribution in [0.25, 0.3) is 0 Å². The summed E-state index contributed by atoms with van der Waals surface area (Å²) in [6.45, 7) is 2.70. The van der Waals surface area contributed by atoms with Crippen LogP contribution in [0.15, 0.2) is 48.5 Å². The monoisotopic (exact) mass is 304 g/mol. The molecule has 0 radical (unpaired) electrons. The van der Waals surface area contributed by atoms with Gasteiger partial charge in [0.2, 0.25) is 0 Å². The smallest absolute Gasteiger partial charge is 0.119 e. The summed E-state index contributed by atoms with van der Waals surface area (Å²) in [6, 6.07) is 19.8. The molecule has 0 aliphatic rings. The van der Waals surface area contributed by atoms with E-state index in [0.29, 0.717) is 12.2 Å². The van der Waals surface area contributed by atoms with E-state index in [0.717, 1.165) is 30.6 Å². The van der Waals surface area contributed by atoms with Gasteiger partial charge in [-0.3, -0.25) is 0 Å². The summed E-state index contributed by atoms with van der Waals surface area (Å²) in [4.78, 5) is 0. The second kappa shape index (κ2) is 8.61. The van der Waals surface area contributed by atoms with Crippen LogP contribution >= 0.6 is 0 Å². The highest BCUT2D eigenvalue weighted by atomic mass is 16.5. The third-order valence-electron chi connectivity index (χ3n) is 3.75. The zero-order chi connectivity index (χ0) is 16.5. The van der Waals surface area contributed by atoms with Crippen molar-refractivity contribution < 1.29 is 4.74 Å². The molecule has 0 aromatic heterocycles. The van der Waals surface area contributed by atoms with Gasteiger partial charge in [0.1, 0.15) is 5.75 Å². The van der Waals surface area contributed by atoms with Crippen LogP contribution in [0.3, 0.4) is 0 Å². The maximum Gasteiger partial charge on any atom is 0.119 e. The second-order valence-corrected chi connectivity index (χ2v) is 5.58. The molecule has 0 bridgehead atoms. The maximum absolute atomic E-state index is 9.34. The molecule has 0 aliphatic carbocycles. The minimum atomic E-state index is -0.164. The molecule has 0 N–H and O–H groups in total. The average Bonchev–Trinajstić information content (AvgIpc) is 2.59. The number of hydrogen-bond acceptors (Lipinski definition) is 3. The largest absolute Gasteiger partial charge is 0.494 e. The van der Waals surface area contributed by atoms with E-state index in [4.69, 9.17) is 10.00 Å². The van der Waals surface area contributed by atoms with Gasteiger partial charge >= 0.3 is 0 Å². The molecule has 0 spiro atoms. The first-order valence-electron chi connectivity index (χ1n) is 7.82. The molecule has 2 aromatic rings. The summed E-state index contributed by atoms with van der Waals surface area (Å²) < 4.78 is 5.69. The van der Waals surface area contributed by atoms with Crippen molar-refractivity contribution in [1.29, 1.82) is 10.5 Å². The van der Waals surface area contributed by atoms with E-state index < -0.39 is 0 Å². The number of ether oxygens (including phenoxy) is 1. The fourth-order valence-corrected chi connectivity index (χ4v) is 2.41. The molecular weight excluding hydrogens is 284 g/mol. The molecule has 0 fully saturated rings. The average molecular weight is 304 g/mol. The minimum absolute atomic E-state index is 0.164. The topological polar surface area (TPSA) is 56.8 Å². The highest BCUT2D eigenvalue weighted by Gasteiger charge is 2.10. The number of nitriles is 2. The third-order valence-corrected chi connectivity index (χ3v) is 3.75. The van der Waals surface area contributed by atoms with Crippen molar-refractivity contribution in [2.75, 3.05) is 6.61 Å². The highest BCUT2D eigenvalue weighted by Crippen LogP contribution is 2.22. The first kappa shape index (κ1) is 16.6. The number of hydrogen-bond donors (Lipinski definition) is 0. The van der Waals surface area contributed by atoms with Crippen molar-refractivity contribution in [1.82, 2.24) is 0 Å². The van der Waals surface area contributed by atoms with Crippen molar-refractivity contribution in [2.45, 2.75) is 32.1 Å². The van der Waals surface area contributed by atoms with Crippen LogP contribution in [0.1, 0.15) is 41.9 Å². The van der Waals surface area contributed by atoms with Crippen molar-refractivity contribution in [3.05, 3.63) is 65.2 Å². The molecule has 116 valence electrons. The fraction of sp³-hybridized carbons (Fsp3) is 0.300. The molecule has 0 saturated carbocycles. The molecule has 0 heterocycles. The van der Waals surface area contributed by atoms with Gasteiger partial charge in [-0.1, -0.05) is 29.8 Å². The standard InChI is InChI=1S/C20H20N2O/c1-16-8-10-20(11-9-16)23-12-3-2-6-19(15-22)18-7-4-5-17(13-18)14-21/h4-5,7-11,13,19H,2-3,6,12H2,1H3. The van der Waals surface area contributed by atoms with Gasteiger partial charge < -0.3 is 4.74 Å². The Morgan fingerprint density at radius 2 is 1.83 bits per heavy atom. The number of rotatable bonds is 7. The quantitative estimate of drug-likeness (QED) is 0.695. The Bertz CT molecular complexity index is 708. The number of nitrogens with zero attached hydrogens (tertiary/aromatic N) is 2.